The molecule has 0 saturated carbocycles. The van der Waals surface area contributed by atoms with Gasteiger partial charge in [-0.25, -0.2) is 0 Å². The number of amides is 1. The van der Waals surface area contributed by atoms with Crippen LogP contribution in [0.3, 0.4) is 0 Å². The van der Waals surface area contributed by atoms with Gasteiger partial charge in [0.15, 0.2) is 5.11 Å². The molecule has 0 radical (unpaired) electrons. The van der Waals surface area contributed by atoms with E-state index in [1.807, 2.05) is 49.4 Å². The van der Waals surface area contributed by atoms with Crippen molar-refractivity contribution >= 4 is 46.6 Å². The van der Waals surface area contributed by atoms with Crippen LogP contribution in [-0.4, -0.2) is 17.6 Å². The minimum atomic E-state index is -0.346. The Morgan fingerprint density at radius 3 is 2.67 bits per heavy atom. The normalized spacial score (nSPS) is 10.4. The fourth-order valence-electron chi connectivity index (χ4n) is 1.93. The Hall–Kier alpha value is -2.37. The fraction of sp³-hybridized carbons (Fsp3) is 0.111. The molecule has 6 heteroatoms. The summed E-state index contributed by atoms with van der Waals surface area (Å²) in [5.74, 6) is 0.324. The summed E-state index contributed by atoms with van der Waals surface area (Å²) in [6.45, 7) is 2.44. The molecule has 0 aliphatic carbocycles. The van der Waals surface area contributed by atoms with Gasteiger partial charge in [0.05, 0.1) is 12.3 Å². The lowest BCUT2D eigenvalue weighted by Crippen LogP contribution is -2.32. The number of carbonyl (C=O) groups is 1. The van der Waals surface area contributed by atoms with Crippen LogP contribution in [-0.2, 0) is 4.79 Å². The second-order valence-electron chi connectivity index (χ2n) is 4.73. The highest BCUT2D eigenvalue weighted by molar-refractivity contribution is 7.80. The van der Waals surface area contributed by atoms with Gasteiger partial charge in [0.1, 0.15) is 5.75 Å². The molecule has 0 aliphatic heterocycles. The summed E-state index contributed by atoms with van der Waals surface area (Å²) in [5.41, 5.74) is 1.45. The lowest BCUT2D eigenvalue weighted by molar-refractivity contribution is -0.115. The molecule has 124 valence electrons. The van der Waals surface area contributed by atoms with Crippen molar-refractivity contribution in [2.45, 2.75) is 6.92 Å². The predicted octanol–water partition coefficient (Wildman–Crippen LogP) is 4.27. The number of para-hydroxylation sites is 2. The summed E-state index contributed by atoms with van der Waals surface area (Å²) in [4.78, 5) is 11.9. The van der Waals surface area contributed by atoms with E-state index in [-0.39, 0.29) is 11.0 Å². The third-order valence-corrected chi connectivity index (χ3v) is 3.54. The molecule has 0 atom stereocenters. The molecular formula is C18H17ClN2O2S. The van der Waals surface area contributed by atoms with Gasteiger partial charge in [-0.2, -0.15) is 0 Å². The highest BCUT2D eigenvalue weighted by atomic mass is 35.5. The zero-order valence-electron chi connectivity index (χ0n) is 13.1. The maximum absolute atomic E-state index is 11.9. The Balaban J connectivity index is 1.95. The third-order valence-electron chi connectivity index (χ3n) is 2.99. The number of benzene rings is 2. The first kappa shape index (κ1) is 18.0. The molecule has 4 nitrogen and oxygen atoms in total. The summed E-state index contributed by atoms with van der Waals surface area (Å²) in [7, 11) is 0. The van der Waals surface area contributed by atoms with Crippen molar-refractivity contribution in [3.63, 3.8) is 0 Å². The number of ether oxygens (including phenoxy) is 1. The number of hydrogen-bond acceptors (Lipinski definition) is 3. The number of carbonyl (C=O) groups excluding carboxylic acids is 1. The molecule has 0 bridgehead atoms. The summed E-state index contributed by atoms with van der Waals surface area (Å²) < 4.78 is 5.50. The van der Waals surface area contributed by atoms with Crippen molar-refractivity contribution in [1.29, 1.82) is 0 Å². The van der Waals surface area contributed by atoms with E-state index in [4.69, 9.17) is 28.6 Å². The number of anilines is 1. The summed E-state index contributed by atoms with van der Waals surface area (Å²) in [6, 6.07) is 14.6. The number of hydrogen-bond donors (Lipinski definition) is 2. The van der Waals surface area contributed by atoms with Gasteiger partial charge in [-0.05, 0) is 49.0 Å². The molecule has 24 heavy (non-hydrogen) atoms. The van der Waals surface area contributed by atoms with Gasteiger partial charge in [-0.15, -0.1) is 0 Å². The van der Waals surface area contributed by atoms with Crippen LogP contribution in [0.2, 0.25) is 5.02 Å². The van der Waals surface area contributed by atoms with E-state index in [0.29, 0.717) is 23.1 Å². The van der Waals surface area contributed by atoms with Crippen LogP contribution in [0.4, 0.5) is 5.69 Å². The SMILES string of the molecule is CCOc1ccccc1NC(=S)NC(=O)/C=C\c1ccccc1Cl. The van der Waals surface area contributed by atoms with Crippen molar-refractivity contribution in [1.82, 2.24) is 5.32 Å². The molecular weight excluding hydrogens is 344 g/mol. The van der Waals surface area contributed by atoms with Gasteiger partial charge in [-0.3, -0.25) is 10.1 Å². The largest absolute Gasteiger partial charge is 0.492 e. The number of nitrogens with one attached hydrogen (secondary N) is 2. The molecule has 0 saturated heterocycles. The first-order valence-corrected chi connectivity index (χ1v) is 8.15. The molecule has 0 fully saturated rings. The van der Waals surface area contributed by atoms with Crippen LogP contribution < -0.4 is 15.4 Å². The van der Waals surface area contributed by atoms with E-state index in [0.717, 1.165) is 5.56 Å². The van der Waals surface area contributed by atoms with E-state index in [1.54, 1.807) is 12.1 Å². The Kier molecular flexibility index (Phi) is 6.78. The average molecular weight is 361 g/mol. The molecule has 1 amide bonds. The molecule has 0 heterocycles. The Morgan fingerprint density at radius 1 is 1.21 bits per heavy atom. The van der Waals surface area contributed by atoms with E-state index < -0.39 is 0 Å². The van der Waals surface area contributed by atoms with E-state index in [9.17, 15) is 4.79 Å². The fourth-order valence-corrected chi connectivity index (χ4v) is 2.34. The molecule has 0 unspecified atom stereocenters. The number of rotatable bonds is 5. The van der Waals surface area contributed by atoms with Crippen LogP contribution in [0.1, 0.15) is 12.5 Å². The number of halogens is 1. The molecule has 2 rings (SSSR count). The molecule has 0 spiro atoms. The van der Waals surface area contributed by atoms with E-state index in [1.165, 1.54) is 6.08 Å². The summed E-state index contributed by atoms with van der Waals surface area (Å²) in [6.07, 6.45) is 3.01. The minimum absolute atomic E-state index is 0.191. The Morgan fingerprint density at radius 2 is 1.92 bits per heavy atom. The monoisotopic (exact) mass is 360 g/mol. The van der Waals surface area contributed by atoms with Crippen molar-refractivity contribution < 1.29 is 9.53 Å². The predicted molar refractivity (Wildman–Crippen MR) is 102 cm³/mol. The first-order valence-electron chi connectivity index (χ1n) is 7.36. The Bertz CT molecular complexity index is 762. The van der Waals surface area contributed by atoms with E-state index in [2.05, 4.69) is 10.6 Å². The smallest absolute Gasteiger partial charge is 0.250 e. The second kappa shape index (κ2) is 9.05. The zero-order chi connectivity index (χ0) is 17.4. The third kappa shape index (κ3) is 5.37. The Labute approximate surface area is 151 Å². The van der Waals surface area contributed by atoms with Gasteiger partial charge in [0.25, 0.3) is 0 Å². The molecule has 0 aliphatic rings. The van der Waals surface area contributed by atoms with Gasteiger partial charge in [0, 0.05) is 11.1 Å². The number of thiocarbonyl (C=S) groups is 1. The van der Waals surface area contributed by atoms with Crippen molar-refractivity contribution in [2.24, 2.45) is 0 Å². The van der Waals surface area contributed by atoms with Gasteiger partial charge in [0.2, 0.25) is 5.91 Å². The van der Waals surface area contributed by atoms with Crippen LogP contribution >= 0.6 is 23.8 Å². The molecule has 0 aromatic heterocycles. The highest BCUT2D eigenvalue weighted by Crippen LogP contribution is 2.23. The lowest BCUT2D eigenvalue weighted by Gasteiger charge is -2.12. The summed E-state index contributed by atoms with van der Waals surface area (Å²) >= 11 is 11.2. The maximum atomic E-state index is 11.9. The van der Waals surface area contributed by atoms with Crippen LogP contribution in [0.25, 0.3) is 6.08 Å². The van der Waals surface area contributed by atoms with Gasteiger partial charge in [-0.1, -0.05) is 41.9 Å². The van der Waals surface area contributed by atoms with Crippen molar-refractivity contribution in [2.75, 3.05) is 11.9 Å². The second-order valence-corrected chi connectivity index (χ2v) is 5.54. The molecule has 2 aromatic carbocycles. The topological polar surface area (TPSA) is 50.4 Å². The molecule has 2 aromatic rings. The van der Waals surface area contributed by atoms with Crippen LogP contribution in [0, 0.1) is 0 Å². The first-order chi connectivity index (χ1) is 11.6. The summed E-state index contributed by atoms with van der Waals surface area (Å²) in [5, 5.41) is 6.30. The zero-order valence-corrected chi connectivity index (χ0v) is 14.7. The maximum Gasteiger partial charge on any atom is 0.250 e. The van der Waals surface area contributed by atoms with Crippen molar-refractivity contribution in [3.8, 4) is 5.75 Å². The van der Waals surface area contributed by atoms with Crippen LogP contribution in [0.5, 0.6) is 5.75 Å². The van der Waals surface area contributed by atoms with E-state index >= 15 is 0 Å². The minimum Gasteiger partial charge on any atom is -0.492 e. The average Bonchev–Trinajstić information content (AvgIpc) is 2.56. The lowest BCUT2D eigenvalue weighted by atomic mass is 10.2. The standard InChI is InChI=1S/C18H17ClN2O2S/c1-2-23-16-10-6-5-9-15(16)20-18(24)21-17(22)12-11-13-7-3-4-8-14(13)19/h3-12H,2H2,1H3,(H2,20,21,22,24)/b12-11-. The van der Waals surface area contributed by atoms with Crippen molar-refractivity contribution in [3.05, 3.63) is 65.2 Å². The van der Waals surface area contributed by atoms with Crippen LogP contribution in [0.15, 0.2) is 54.6 Å². The highest BCUT2D eigenvalue weighted by Gasteiger charge is 2.06. The quantitative estimate of drug-likeness (QED) is 0.617. The van der Waals surface area contributed by atoms with Gasteiger partial charge < -0.3 is 10.1 Å². The van der Waals surface area contributed by atoms with Gasteiger partial charge >= 0.3 is 0 Å². The molecule has 2 N–H and O–H groups in total.